The van der Waals surface area contributed by atoms with Crippen LogP contribution >= 0.6 is 0 Å². The highest BCUT2D eigenvalue weighted by atomic mass is 19.4. The average molecular weight is 359 g/mol. The summed E-state index contributed by atoms with van der Waals surface area (Å²) in [5.41, 5.74) is 5.65. The molecule has 2 aromatic carbocycles. The molecule has 0 bridgehead atoms. The topological polar surface area (TPSA) is 72.9 Å². The minimum absolute atomic E-state index is 0.212. The normalized spacial score (nSPS) is 11.4. The fourth-order valence-corrected chi connectivity index (χ4v) is 2.36. The quantitative estimate of drug-likeness (QED) is 0.750. The minimum atomic E-state index is -4.67. The van der Waals surface area contributed by atoms with Crippen molar-refractivity contribution in [3.63, 3.8) is 0 Å². The number of hydrogen-bond acceptors (Lipinski definition) is 3. The number of benzene rings is 2. The molecule has 0 atom stereocenters. The van der Waals surface area contributed by atoms with Gasteiger partial charge in [0.2, 0.25) is 0 Å². The Balaban J connectivity index is 2.05. The van der Waals surface area contributed by atoms with Crippen molar-refractivity contribution in [2.45, 2.75) is 12.7 Å². The third-order valence-electron chi connectivity index (χ3n) is 3.60. The molecular weight excluding hydrogens is 345 g/mol. The zero-order valence-corrected chi connectivity index (χ0v) is 13.4. The SMILES string of the molecule is NCc1cccc(-n2nc(C(F)(F)F)cc2C(=O)Nc2cc[c]cc2)c1. The molecule has 0 aliphatic heterocycles. The molecule has 1 amide bonds. The molecule has 0 saturated heterocycles. The maximum Gasteiger partial charge on any atom is 0.435 e. The fraction of sp³-hybridized carbons (Fsp3) is 0.111. The third kappa shape index (κ3) is 3.75. The van der Waals surface area contributed by atoms with Crippen LogP contribution in [0.5, 0.6) is 0 Å². The summed E-state index contributed by atoms with van der Waals surface area (Å²) in [5, 5.41) is 6.12. The van der Waals surface area contributed by atoms with Crippen LogP contribution in [0.2, 0.25) is 0 Å². The number of hydrogen-bond donors (Lipinski definition) is 2. The summed E-state index contributed by atoms with van der Waals surface area (Å²) in [6.07, 6.45) is -4.67. The fourth-order valence-electron chi connectivity index (χ4n) is 2.36. The lowest BCUT2D eigenvalue weighted by Gasteiger charge is -2.09. The van der Waals surface area contributed by atoms with Crippen LogP contribution in [0.25, 0.3) is 5.69 Å². The number of carbonyl (C=O) groups is 1. The lowest BCUT2D eigenvalue weighted by Crippen LogP contribution is -2.17. The Hall–Kier alpha value is -3.13. The van der Waals surface area contributed by atoms with Gasteiger partial charge in [-0.25, -0.2) is 4.68 Å². The monoisotopic (exact) mass is 359 g/mol. The van der Waals surface area contributed by atoms with Crippen molar-refractivity contribution in [1.29, 1.82) is 0 Å². The molecule has 8 heteroatoms. The van der Waals surface area contributed by atoms with E-state index in [2.05, 4.69) is 16.5 Å². The summed E-state index contributed by atoms with van der Waals surface area (Å²) in [7, 11) is 0. The van der Waals surface area contributed by atoms with Gasteiger partial charge in [-0.05, 0) is 35.9 Å². The first-order valence-corrected chi connectivity index (χ1v) is 7.62. The van der Waals surface area contributed by atoms with Crippen LogP contribution in [0, 0.1) is 6.07 Å². The predicted molar refractivity (Wildman–Crippen MR) is 89.7 cm³/mol. The summed E-state index contributed by atoms with van der Waals surface area (Å²) in [5.74, 6) is -0.711. The highest BCUT2D eigenvalue weighted by Crippen LogP contribution is 2.30. The molecule has 1 heterocycles. The van der Waals surface area contributed by atoms with Crippen molar-refractivity contribution in [2.24, 2.45) is 5.73 Å². The van der Waals surface area contributed by atoms with E-state index in [0.29, 0.717) is 16.9 Å². The Morgan fingerprint density at radius 1 is 1.19 bits per heavy atom. The molecule has 0 aliphatic carbocycles. The predicted octanol–water partition coefficient (Wildman–Crippen LogP) is 3.40. The molecule has 133 valence electrons. The van der Waals surface area contributed by atoms with Crippen molar-refractivity contribution < 1.29 is 18.0 Å². The Morgan fingerprint density at radius 2 is 1.92 bits per heavy atom. The van der Waals surface area contributed by atoms with Crippen LogP contribution < -0.4 is 11.1 Å². The Bertz CT molecular complexity index is 920. The lowest BCUT2D eigenvalue weighted by atomic mass is 10.2. The largest absolute Gasteiger partial charge is 0.435 e. The van der Waals surface area contributed by atoms with Gasteiger partial charge < -0.3 is 11.1 Å². The van der Waals surface area contributed by atoms with Gasteiger partial charge in [0.1, 0.15) is 5.69 Å². The summed E-state index contributed by atoms with van der Waals surface area (Å²) in [6, 6.07) is 16.4. The third-order valence-corrected chi connectivity index (χ3v) is 3.60. The first kappa shape index (κ1) is 17.7. The number of alkyl halides is 3. The molecular formula is C18H14F3N4O. The van der Waals surface area contributed by atoms with Crippen LogP contribution in [0.3, 0.4) is 0 Å². The molecule has 0 aliphatic rings. The molecule has 0 saturated carbocycles. The van der Waals surface area contributed by atoms with E-state index in [4.69, 9.17) is 5.73 Å². The van der Waals surface area contributed by atoms with E-state index in [-0.39, 0.29) is 12.2 Å². The molecule has 3 rings (SSSR count). The van der Waals surface area contributed by atoms with Gasteiger partial charge in [0, 0.05) is 18.3 Å². The first-order valence-electron chi connectivity index (χ1n) is 7.62. The molecule has 3 aromatic rings. The second-order valence-electron chi connectivity index (χ2n) is 5.44. The number of anilines is 1. The van der Waals surface area contributed by atoms with Crippen molar-refractivity contribution in [3.8, 4) is 5.69 Å². The molecule has 5 nitrogen and oxygen atoms in total. The van der Waals surface area contributed by atoms with Crippen molar-refractivity contribution in [3.05, 3.63) is 77.6 Å². The average Bonchev–Trinajstić information content (AvgIpc) is 3.08. The van der Waals surface area contributed by atoms with E-state index >= 15 is 0 Å². The van der Waals surface area contributed by atoms with Crippen LogP contribution in [-0.2, 0) is 12.7 Å². The van der Waals surface area contributed by atoms with Gasteiger partial charge in [0.25, 0.3) is 5.91 Å². The van der Waals surface area contributed by atoms with Crippen molar-refractivity contribution in [1.82, 2.24) is 9.78 Å². The molecule has 0 unspecified atom stereocenters. The summed E-state index contributed by atoms with van der Waals surface area (Å²) in [6.45, 7) is 0.212. The standard InChI is InChI=1S/C18H14F3N4O/c19-18(20,21)16-10-15(17(26)23-13-6-2-1-3-7-13)25(24-16)14-8-4-5-12(9-14)11-22/h2-10H,11,22H2,(H,23,26). The van der Waals surface area contributed by atoms with Crippen LogP contribution in [0.1, 0.15) is 21.7 Å². The van der Waals surface area contributed by atoms with Gasteiger partial charge in [0.05, 0.1) is 5.69 Å². The zero-order valence-electron chi connectivity index (χ0n) is 13.4. The molecule has 0 fully saturated rings. The number of aromatic nitrogens is 2. The Kier molecular flexibility index (Phi) is 4.77. The van der Waals surface area contributed by atoms with Crippen molar-refractivity contribution >= 4 is 11.6 Å². The summed E-state index contributed by atoms with van der Waals surface area (Å²) < 4.78 is 40.3. The second-order valence-corrected chi connectivity index (χ2v) is 5.44. The van der Waals surface area contributed by atoms with E-state index in [1.165, 1.54) is 0 Å². The van der Waals surface area contributed by atoms with E-state index in [9.17, 15) is 18.0 Å². The number of halogens is 3. The summed E-state index contributed by atoms with van der Waals surface area (Å²) >= 11 is 0. The highest BCUT2D eigenvalue weighted by Gasteiger charge is 2.36. The van der Waals surface area contributed by atoms with Gasteiger partial charge in [-0.15, -0.1) is 0 Å². The Morgan fingerprint density at radius 3 is 2.58 bits per heavy atom. The van der Waals surface area contributed by atoms with E-state index < -0.39 is 17.8 Å². The molecule has 3 N–H and O–H groups in total. The van der Waals surface area contributed by atoms with Gasteiger partial charge >= 0.3 is 6.18 Å². The maximum atomic E-state index is 13.1. The molecule has 1 radical (unpaired) electrons. The van der Waals surface area contributed by atoms with E-state index in [1.54, 1.807) is 48.5 Å². The first-order chi connectivity index (χ1) is 12.4. The zero-order chi connectivity index (χ0) is 18.7. The minimum Gasteiger partial charge on any atom is -0.326 e. The second kappa shape index (κ2) is 7.01. The van der Waals surface area contributed by atoms with Gasteiger partial charge in [0.15, 0.2) is 5.69 Å². The number of rotatable bonds is 4. The lowest BCUT2D eigenvalue weighted by molar-refractivity contribution is -0.141. The van der Waals surface area contributed by atoms with Gasteiger partial charge in [-0.3, -0.25) is 4.79 Å². The number of nitrogens with one attached hydrogen (secondary N) is 1. The number of nitrogens with zero attached hydrogens (tertiary/aromatic N) is 2. The number of carbonyl (C=O) groups excluding carboxylic acids is 1. The van der Waals surface area contributed by atoms with Crippen LogP contribution in [0.4, 0.5) is 18.9 Å². The van der Waals surface area contributed by atoms with Crippen LogP contribution in [0.15, 0.2) is 54.6 Å². The van der Waals surface area contributed by atoms with Gasteiger partial charge in [-0.2, -0.15) is 18.3 Å². The smallest absolute Gasteiger partial charge is 0.326 e. The highest BCUT2D eigenvalue weighted by molar-refractivity contribution is 6.03. The summed E-state index contributed by atoms with van der Waals surface area (Å²) in [4.78, 5) is 12.5. The molecule has 26 heavy (non-hydrogen) atoms. The van der Waals surface area contributed by atoms with E-state index in [0.717, 1.165) is 10.7 Å². The van der Waals surface area contributed by atoms with E-state index in [1.807, 2.05) is 0 Å². The molecule has 0 spiro atoms. The van der Waals surface area contributed by atoms with Gasteiger partial charge in [-0.1, -0.05) is 24.3 Å². The Labute approximate surface area is 147 Å². The maximum absolute atomic E-state index is 13.1. The number of nitrogens with two attached hydrogens (primary N) is 1. The van der Waals surface area contributed by atoms with Crippen molar-refractivity contribution in [2.75, 3.05) is 5.32 Å². The molecule has 1 aromatic heterocycles. The number of amides is 1. The van der Waals surface area contributed by atoms with Crippen LogP contribution in [-0.4, -0.2) is 15.7 Å².